The number of carbonyl (C=O) groups excluding carboxylic acids is 1. The summed E-state index contributed by atoms with van der Waals surface area (Å²) in [6.45, 7) is 0. The zero-order valence-corrected chi connectivity index (χ0v) is 6.62. The van der Waals surface area contributed by atoms with Gasteiger partial charge in [0.05, 0.1) is 6.10 Å². The first kappa shape index (κ1) is 8.21. The Labute approximate surface area is 66.5 Å². The van der Waals surface area contributed by atoms with E-state index in [1.54, 1.807) is 7.11 Å². The van der Waals surface area contributed by atoms with Crippen LogP contribution in [0, 0.1) is 0 Å². The highest BCUT2D eigenvalue weighted by Gasteiger charge is 2.05. The van der Waals surface area contributed by atoms with Crippen LogP contribution >= 0.6 is 0 Å². The van der Waals surface area contributed by atoms with Crippen molar-refractivity contribution < 1.29 is 9.53 Å². The summed E-state index contributed by atoms with van der Waals surface area (Å²) in [5, 5.41) is 0. The van der Waals surface area contributed by atoms with Crippen molar-refractivity contribution >= 4 is 6.29 Å². The van der Waals surface area contributed by atoms with Crippen LogP contribution in [0.5, 0.6) is 0 Å². The first-order valence-electron chi connectivity index (χ1n) is 3.70. The Morgan fingerprint density at radius 1 is 1.82 bits per heavy atom. The Kier molecular flexibility index (Phi) is 3.05. The van der Waals surface area contributed by atoms with Gasteiger partial charge in [-0.3, -0.25) is 0 Å². The van der Waals surface area contributed by atoms with Gasteiger partial charge in [-0.25, -0.2) is 0 Å². The van der Waals surface area contributed by atoms with E-state index in [9.17, 15) is 4.79 Å². The molecule has 0 aromatic rings. The van der Waals surface area contributed by atoms with E-state index in [-0.39, 0.29) is 6.10 Å². The topological polar surface area (TPSA) is 26.3 Å². The van der Waals surface area contributed by atoms with Gasteiger partial charge in [-0.05, 0) is 12.0 Å². The van der Waals surface area contributed by atoms with Crippen LogP contribution in [0.3, 0.4) is 0 Å². The Bertz CT molecular complexity index is 192. The molecule has 0 saturated carbocycles. The largest absolute Gasteiger partial charge is 0.377 e. The predicted octanol–water partition coefficient (Wildman–Crippen LogP) is 1.48. The normalized spacial score (nSPS) is 23.0. The first-order chi connectivity index (χ1) is 5.36. The molecule has 2 nitrogen and oxygen atoms in total. The van der Waals surface area contributed by atoms with Crippen molar-refractivity contribution in [1.29, 1.82) is 0 Å². The Hall–Kier alpha value is -0.890. The lowest BCUT2D eigenvalue weighted by Crippen LogP contribution is -2.08. The molecule has 1 rings (SSSR count). The van der Waals surface area contributed by atoms with Crippen LogP contribution in [0.15, 0.2) is 23.8 Å². The maximum Gasteiger partial charge on any atom is 0.124 e. The van der Waals surface area contributed by atoms with Crippen molar-refractivity contribution in [1.82, 2.24) is 0 Å². The maximum absolute atomic E-state index is 10.1. The van der Waals surface area contributed by atoms with E-state index >= 15 is 0 Å². The number of ether oxygens (including phenoxy) is 1. The predicted molar refractivity (Wildman–Crippen MR) is 43.3 cm³/mol. The molecule has 0 aromatic heterocycles. The minimum absolute atomic E-state index is 0.199. The Balaban J connectivity index is 2.45. The van der Waals surface area contributed by atoms with E-state index in [4.69, 9.17) is 4.74 Å². The number of hydrogen-bond donors (Lipinski definition) is 0. The maximum atomic E-state index is 10.1. The fraction of sp³-hybridized carbons (Fsp3) is 0.444. The molecule has 0 heterocycles. The van der Waals surface area contributed by atoms with Gasteiger partial charge in [0.15, 0.2) is 0 Å². The molecule has 0 spiro atoms. The summed E-state index contributed by atoms with van der Waals surface area (Å²) in [6.07, 6.45) is 8.50. The number of aldehydes is 1. The van der Waals surface area contributed by atoms with E-state index in [0.29, 0.717) is 6.42 Å². The number of allylic oxidation sites excluding steroid dienone is 2. The number of carbonyl (C=O) groups is 1. The van der Waals surface area contributed by atoms with Gasteiger partial charge in [-0.2, -0.15) is 0 Å². The summed E-state index contributed by atoms with van der Waals surface area (Å²) in [6, 6.07) is 0. The molecule has 0 aromatic carbocycles. The van der Waals surface area contributed by atoms with Crippen LogP contribution in [0.1, 0.15) is 12.8 Å². The molecule has 1 aliphatic carbocycles. The first-order valence-corrected chi connectivity index (χ1v) is 3.70. The molecule has 0 aliphatic heterocycles. The van der Waals surface area contributed by atoms with Crippen molar-refractivity contribution in [2.75, 3.05) is 7.11 Å². The van der Waals surface area contributed by atoms with E-state index in [0.717, 1.165) is 18.3 Å². The molecule has 2 heteroatoms. The van der Waals surface area contributed by atoms with Crippen molar-refractivity contribution in [3.05, 3.63) is 23.8 Å². The quantitative estimate of drug-likeness (QED) is 0.572. The number of methoxy groups -OCH3 is 1. The van der Waals surface area contributed by atoms with Gasteiger partial charge in [-0.1, -0.05) is 18.2 Å². The fourth-order valence-corrected chi connectivity index (χ4v) is 1.07. The smallest absolute Gasteiger partial charge is 0.124 e. The zero-order valence-electron chi connectivity index (χ0n) is 6.62. The molecular weight excluding hydrogens is 140 g/mol. The van der Waals surface area contributed by atoms with E-state index in [2.05, 4.69) is 0 Å². The van der Waals surface area contributed by atoms with Gasteiger partial charge in [0.25, 0.3) is 0 Å². The van der Waals surface area contributed by atoms with Crippen LogP contribution in [0.25, 0.3) is 0 Å². The van der Waals surface area contributed by atoms with Gasteiger partial charge in [0, 0.05) is 13.5 Å². The van der Waals surface area contributed by atoms with Gasteiger partial charge < -0.3 is 9.53 Å². The van der Waals surface area contributed by atoms with Crippen LogP contribution in [-0.4, -0.2) is 19.5 Å². The van der Waals surface area contributed by atoms with E-state index in [1.165, 1.54) is 0 Å². The summed E-state index contributed by atoms with van der Waals surface area (Å²) >= 11 is 0. The van der Waals surface area contributed by atoms with Gasteiger partial charge in [0.1, 0.15) is 6.29 Å². The Morgan fingerprint density at radius 3 is 3.09 bits per heavy atom. The van der Waals surface area contributed by atoms with Crippen LogP contribution in [-0.2, 0) is 9.53 Å². The molecule has 0 amide bonds. The molecular formula is C9H12O2. The average Bonchev–Trinajstić information content (AvgIpc) is 2.07. The highest BCUT2D eigenvalue weighted by Crippen LogP contribution is 2.13. The van der Waals surface area contributed by atoms with Crippen molar-refractivity contribution in [2.45, 2.75) is 18.9 Å². The SMILES string of the molecule is COC1C=CC(CC=O)=CC1. The summed E-state index contributed by atoms with van der Waals surface area (Å²) in [5.41, 5.74) is 1.09. The standard InChI is InChI=1S/C9H12O2/c1-11-9-4-2-8(3-5-9)6-7-10/h2-4,7,9H,5-6H2,1H3. The van der Waals surface area contributed by atoms with Crippen molar-refractivity contribution in [3.63, 3.8) is 0 Å². The highest BCUT2D eigenvalue weighted by atomic mass is 16.5. The zero-order chi connectivity index (χ0) is 8.10. The van der Waals surface area contributed by atoms with Crippen molar-refractivity contribution in [2.24, 2.45) is 0 Å². The van der Waals surface area contributed by atoms with Crippen LogP contribution in [0.4, 0.5) is 0 Å². The van der Waals surface area contributed by atoms with Gasteiger partial charge >= 0.3 is 0 Å². The minimum Gasteiger partial charge on any atom is -0.377 e. The minimum atomic E-state index is 0.199. The average molecular weight is 152 g/mol. The molecule has 0 radical (unpaired) electrons. The number of hydrogen-bond acceptors (Lipinski definition) is 2. The highest BCUT2D eigenvalue weighted by molar-refractivity contribution is 5.56. The Morgan fingerprint density at radius 2 is 2.64 bits per heavy atom. The van der Waals surface area contributed by atoms with Crippen LogP contribution in [0.2, 0.25) is 0 Å². The molecule has 11 heavy (non-hydrogen) atoms. The lowest BCUT2D eigenvalue weighted by atomic mass is 10.0. The van der Waals surface area contributed by atoms with E-state index < -0.39 is 0 Å². The van der Waals surface area contributed by atoms with E-state index in [1.807, 2.05) is 18.2 Å². The lowest BCUT2D eigenvalue weighted by Gasteiger charge is -2.12. The van der Waals surface area contributed by atoms with Crippen molar-refractivity contribution in [3.8, 4) is 0 Å². The molecule has 0 fully saturated rings. The third kappa shape index (κ3) is 2.31. The summed E-state index contributed by atoms with van der Waals surface area (Å²) < 4.78 is 5.10. The van der Waals surface area contributed by atoms with Crippen LogP contribution < -0.4 is 0 Å². The second kappa shape index (κ2) is 4.09. The fourth-order valence-electron chi connectivity index (χ4n) is 1.07. The molecule has 1 atom stereocenters. The lowest BCUT2D eigenvalue weighted by molar-refractivity contribution is -0.107. The second-order valence-electron chi connectivity index (χ2n) is 2.52. The molecule has 0 saturated heterocycles. The molecule has 60 valence electrons. The van der Waals surface area contributed by atoms with Gasteiger partial charge in [0.2, 0.25) is 0 Å². The summed E-state index contributed by atoms with van der Waals surface area (Å²) in [5.74, 6) is 0. The molecule has 1 aliphatic rings. The van der Waals surface area contributed by atoms with Gasteiger partial charge in [-0.15, -0.1) is 0 Å². The second-order valence-corrected chi connectivity index (χ2v) is 2.52. The monoisotopic (exact) mass is 152 g/mol. The number of rotatable bonds is 3. The summed E-state index contributed by atoms with van der Waals surface area (Å²) in [4.78, 5) is 10.1. The summed E-state index contributed by atoms with van der Waals surface area (Å²) in [7, 11) is 1.69. The molecule has 0 bridgehead atoms. The molecule has 1 unspecified atom stereocenters. The third-order valence-electron chi connectivity index (χ3n) is 1.76. The third-order valence-corrected chi connectivity index (χ3v) is 1.76. The molecule has 0 N–H and O–H groups in total.